The van der Waals surface area contributed by atoms with Crippen LogP contribution in [-0.4, -0.2) is 5.78 Å². The number of hydrogen-bond donors (Lipinski definition) is 1. The van der Waals surface area contributed by atoms with Crippen molar-refractivity contribution in [1.29, 1.82) is 0 Å². The van der Waals surface area contributed by atoms with Crippen molar-refractivity contribution >= 4 is 17.5 Å². The second-order valence-corrected chi connectivity index (χ2v) is 3.87. The number of halogens is 1. The lowest BCUT2D eigenvalue weighted by atomic mass is 10.1. The molecule has 0 aromatic heterocycles. The number of nitrogen functional groups attached to an aromatic ring is 1. The van der Waals surface area contributed by atoms with Crippen molar-refractivity contribution in [3.05, 3.63) is 71.6 Å². The van der Waals surface area contributed by atoms with E-state index < -0.39 is 5.82 Å². The fourth-order valence-electron chi connectivity index (χ4n) is 1.52. The van der Waals surface area contributed by atoms with E-state index in [2.05, 4.69) is 0 Å². The van der Waals surface area contributed by atoms with Gasteiger partial charge in [0.2, 0.25) is 0 Å². The van der Waals surface area contributed by atoms with Gasteiger partial charge in [-0.15, -0.1) is 0 Å². The Morgan fingerprint density at radius 2 is 1.83 bits per heavy atom. The number of nitrogens with two attached hydrogens (primary N) is 1. The lowest BCUT2D eigenvalue weighted by molar-refractivity contribution is 0.104. The van der Waals surface area contributed by atoms with E-state index in [1.54, 1.807) is 24.3 Å². The Bertz CT molecular complexity index is 588. The van der Waals surface area contributed by atoms with Crippen LogP contribution in [0.2, 0.25) is 0 Å². The van der Waals surface area contributed by atoms with Gasteiger partial charge in [0.25, 0.3) is 0 Å². The fourth-order valence-corrected chi connectivity index (χ4v) is 1.52. The normalized spacial score (nSPS) is 10.7. The maximum absolute atomic E-state index is 12.9. The fraction of sp³-hybridized carbons (Fsp3) is 0. The number of ketones is 1. The first-order chi connectivity index (χ1) is 8.65. The van der Waals surface area contributed by atoms with Gasteiger partial charge in [0, 0.05) is 11.3 Å². The number of carbonyl (C=O) groups is 1. The van der Waals surface area contributed by atoms with Crippen LogP contribution in [0.15, 0.2) is 54.6 Å². The third-order valence-corrected chi connectivity index (χ3v) is 2.47. The van der Waals surface area contributed by atoms with Crippen LogP contribution in [0.25, 0.3) is 6.08 Å². The van der Waals surface area contributed by atoms with E-state index in [4.69, 9.17) is 5.73 Å². The van der Waals surface area contributed by atoms with Crippen molar-refractivity contribution in [2.75, 3.05) is 5.73 Å². The zero-order valence-corrected chi connectivity index (χ0v) is 9.64. The summed E-state index contributed by atoms with van der Waals surface area (Å²) in [5.41, 5.74) is 7.43. The van der Waals surface area contributed by atoms with E-state index in [0.29, 0.717) is 11.3 Å². The van der Waals surface area contributed by atoms with E-state index in [-0.39, 0.29) is 5.78 Å². The largest absolute Gasteiger partial charge is 0.399 e. The van der Waals surface area contributed by atoms with Gasteiger partial charge in [0.15, 0.2) is 5.78 Å². The molecular weight excluding hydrogens is 229 g/mol. The van der Waals surface area contributed by atoms with Gasteiger partial charge in [0.05, 0.1) is 0 Å². The first-order valence-corrected chi connectivity index (χ1v) is 5.49. The van der Waals surface area contributed by atoms with Crippen molar-refractivity contribution in [3.8, 4) is 0 Å². The summed E-state index contributed by atoms with van der Waals surface area (Å²) in [5.74, 6) is -0.645. The molecule has 0 fully saturated rings. The quantitative estimate of drug-likeness (QED) is 0.509. The zero-order chi connectivity index (χ0) is 13.0. The van der Waals surface area contributed by atoms with Crippen LogP contribution in [0.3, 0.4) is 0 Å². The molecule has 90 valence electrons. The van der Waals surface area contributed by atoms with Crippen LogP contribution in [-0.2, 0) is 0 Å². The average molecular weight is 241 g/mol. The second-order valence-electron chi connectivity index (χ2n) is 3.87. The molecule has 0 heterocycles. The molecule has 0 saturated carbocycles. The highest BCUT2D eigenvalue weighted by Gasteiger charge is 2.02. The molecule has 0 aliphatic rings. The van der Waals surface area contributed by atoms with Crippen LogP contribution in [0.5, 0.6) is 0 Å². The summed E-state index contributed by atoms with van der Waals surface area (Å²) in [4.78, 5) is 11.8. The molecule has 0 bridgehead atoms. The third kappa shape index (κ3) is 3.04. The van der Waals surface area contributed by atoms with Gasteiger partial charge in [-0.25, -0.2) is 4.39 Å². The highest BCUT2D eigenvalue weighted by atomic mass is 19.1. The van der Waals surface area contributed by atoms with E-state index in [9.17, 15) is 9.18 Å². The molecule has 3 heteroatoms. The summed E-state index contributed by atoms with van der Waals surface area (Å²) in [6, 6.07) is 12.8. The van der Waals surface area contributed by atoms with Crippen molar-refractivity contribution in [2.24, 2.45) is 0 Å². The topological polar surface area (TPSA) is 43.1 Å². The Balaban J connectivity index is 2.14. The first-order valence-electron chi connectivity index (χ1n) is 5.49. The van der Waals surface area contributed by atoms with Crippen LogP contribution < -0.4 is 5.73 Å². The summed E-state index contributed by atoms with van der Waals surface area (Å²) in [7, 11) is 0. The van der Waals surface area contributed by atoms with Crippen LogP contribution in [0.4, 0.5) is 10.1 Å². The van der Waals surface area contributed by atoms with E-state index in [1.807, 2.05) is 12.1 Å². The summed E-state index contributed by atoms with van der Waals surface area (Å²) >= 11 is 0. The Labute approximate surface area is 105 Å². The van der Waals surface area contributed by atoms with E-state index >= 15 is 0 Å². The molecule has 2 aromatic carbocycles. The van der Waals surface area contributed by atoms with Gasteiger partial charge in [-0.3, -0.25) is 4.79 Å². The molecule has 0 atom stereocenters. The molecule has 0 aliphatic heterocycles. The molecule has 2 N–H and O–H groups in total. The number of anilines is 1. The van der Waals surface area contributed by atoms with Gasteiger partial charge in [-0.2, -0.15) is 0 Å². The van der Waals surface area contributed by atoms with E-state index in [1.165, 1.54) is 24.3 Å². The third-order valence-electron chi connectivity index (χ3n) is 2.47. The lowest BCUT2D eigenvalue weighted by Gasteiger charge is -1.97. The zero-order valence-electron chi connectivity index (χ0n) is 9.64. The van der Waals surface area contributed by atoms with Crippen LogP contribution in [0.1, 0.15) is 15.9 Å². The Kier molecular flexibility index (Phi) is 3.53. The highest BCUT2D eigenvalue weighted by Crippen LogP contribution is 2.09. The molecule has 2 aromatic rings. The van der Waals surface area contributed by atoms with Crippen molar-refractivity contribution in [3.63, 3.8) is 0 Å². The van der Waals surface area contributed by atoms with Crippen LogP contribution in [0, 0.1) is 5.82 Å². The maximum atomic E-state index is 12.9. The van der Waals surface area contributed by atoms with Gasteiger partial charge < -0.3 is 5.73 Å². The Morgan fingerprint density at radius 3 is 2.50 bits per heavy atom. The molecule has 0 unspecified atom stereocenters. The first kappa shape index (κ1) is 12.0. The molecule has 18 heavy (non-hydrogen) atoms. The Hall–Kier alpha value is -2.42. The standard InChI is InChI=1S/C15H12FNO/c16-13-3-1-2-12(10-13)15(18)9-6-11-4-7-14(17)8-5-11/h1-10H,17H2/b9-6+. The smallest absolute Gasteiger partial charge is 0.185 e. The molecule has 0 aliphatic carbocycles. The van der Waals surface area contributed by atoms with Crippen LogP contribution >= 0.6 is 0 Å². The summed E-state index contributed by atoms with van der Waals surface area (Å²) < 4.78 is 12.9. The minimum atomic E-state index is -0.415. The number of benzene rings is 2. The SMILES string of the molecule is Nc1ccc(/C=C/C(=O)c2cccc(F)c2)cc1. The number of allylic oxidation sites excluding steroid dienone is 1. The molecule has 0 radical (unpaired) electrons. The monoisotopic (exact) mass is 241 g/mol. The predicted molar refractivity (Wildman–Crippen MR) is 70.6 cm³/mol. The number of hydrogen-bond acceptors (Lipinski definition) is 2. The second kappa shape index (κ2) is 5.27. The Morgan fingerprint density at radius 1 is 1.11 bits per heavy atom. The highest BCUT2D eigenvalue weighted by molar-refractivity contribution is 6.06. The summed E-state index contributed by atoms with van der Waals surface area (Å²) in [5, 5.41) is 0. The summed E-state index contributed by atoms with van der Waals surface area (Å²) in [6.45, 7) is 0. The number of carbonyl (C=O) groups excluding carboxylic acids is 1. The maximum Gasteiger partial charge on any atom is 0.185 e. The molecule has 0 saturated heterocycles. The van der Waals surface area contributed by atoms with Gasteiger partial charge in [0.1, 0.15) is 5.82 Å². The van der Waals surface area contributed by atoms with E-state index in [0.717, 1.165) is 5.56 Å². The molecule has 0 spiro atoms. The van der Waals surface area contributed by atoms with Gasteiger partial charge in [-0.1, -0.05) is 30.3 Å². The molecular formula is C15H12FNO. The van der Waals surface area contributed by atoms with Crippen molar-refractivity contribution in [1.82, 2.24) is 0 Å². The minimum absolute atomic E-state index is 0.230. The number of rotatable bonds is 3. The van der Waals surface area contributed by atoms with Gasteiger partial charge >= 0.3 is 0 Å². The summed E-state index contributed by atoms with van der Waals surface area (Å²) in [6.07, 6.45) is 3.09. The minimum Gasteiger partial charge on any atom is -0.399 e. The average Bonchev–Trinajstić information content (AvgIpc) is 2.38. The molecule has 0 amide bonds. The molecule has 2 nitrogen and oxygen atoms in total. The van der Waals surface area contributed by atoms with Gasteiger partial charge in [-0.05, 0) is 35.9 Å². The predicted octanol–water partition coefficient (Wildman–Crippen LogP) is 3.30. The molecule has 2 rings (SSSR count). The van der Waals surface area contributed by atoms with Crippen molar-refractivity contribution in [2.45, 2.75) is 0 Å². The van der Waals surface area contributed by atoms with Crippen molar-refractivity contribution < 1.29 is 9.18 Å². The lowest BCUT2D eigenvalue weighted by Crippen LogP contribution is -1.94.